The molecule has 1 aromatic heterocycles. The highest BCUT2D eigenvalue weighted by Crippen LogP contribution is 2.22. The average Bonchev–Trinajstić information content (AvgIpc) is 2.82. The van der Waals surface area contributed by atoms with E-state index < -0.39 is 12.0 Å². The first-order chi connectivity index (χ1) is 9.56. The van der Waals surface area contributed by atoms with Crippen molar-refractivity contribution in [1.82, 2.24) is 10.3 Å². The summed E-state index contributed by atoms with van der Waals surface area (Å²) < 4.78 is 0.937. The van der Waals surface area contributed by atoms with Crippen molar-refractivity contribution in [2.45, 2.75) is 30.1 Å². The molecule has 0 aliphatic carbocycles. The van der Waals surface area contributed by atoms with Gasteiger partial charge in [-0.05, 0) is 24.2 Å². The zero-order valence-electron chi connectivity index (χ0n) is 11.4. The Balaban J connectivity index is 2.49. The van der Waals surface area contributed by atoms with Crippen molar-refractivity contribution in [3.8, 4) is 0 Å². The molecule has 2 N–H and O–H groups in total. The third-order valence-electron chi connectivity index (χ3n) is 2.38. The summed E-state index contributed by atoms with van der Waals surface area (Å²) in [5.74, 6) is 0.352. The Morgan fingerprint density at radius 3 is 2.90 bits per heavy atom. The minimum atomic E-state index is -0.993. The van der Waals surface area contributed by atoms with Crippen molar-refractivity contribution in [1.29, 1.82) is 0 Å². The lowest BCUT2D eigenvalue weighted by molar-refractivity contribution is -0.141. The normalized spacial score (nSPS) is 12.1. The Hall–Kier alpha value is -0.730. The minimum Gasteiger partial charge on any atom is -0.480 e. The SMILES string of the molecule is CCSc1nc(CC(=O)N[C@@H](CCSC)C(=O)O)cs1. The minimum absolute atomic E-state index is 0.129. The van der Waals surface area contributed by atoms with Gasteiger partial charge >= 0.3 is 5.97 Å². The Bertz CT molecular complexity index is 451. The summed E-state index contributed by atoms with van der Waals surface area (Å²) in [6, 6.07) is -0.821. The molecule has 0 bridgehead atoms. The van der Waals surface area contributed by atoms with E-state index in [1.165, 1.54) is 11.3 Å². The van der Waals surface area contributed by atoms with E-state index in [0.29, 0.717) is 17.9 Å². The number of nitrogens with zero attached hydrogens (tertiary/aromatic N) is 1. The number of carboxylic acid groups (broad SMARTS) is 1. The van der Waals surface area contributed by atoms with Crippen molar-refractivity contribution in [2.75, 3.05) is 17.8 Å². The van der Waals surface area contributed by atoms with Gasteiger partial charge in [-0.1, -0.05) is 18.7 Å². The zero-order chi connectivity index (χ0) is 15.0. The summed E-state index contributed by atoms with van der Waals surface area (Å²) >= 11 is 4.70. The van der Waals surface area contributed by atoms with Crippen LogP contribution in [0.25, 0.3) is 0 Å². The van der Waals surface area contributed by atoms with E-state index >= 15 is 0 Å². The Morgan fingerprint density at radius 1 is 1.55 bits per heavy atom. The maximum absolute atomic E-state index is 11.8. The number of aromatic nitrogens is 1. The van der Waals surface area contributed by atoms with Gasteiger partial charge in [0, 0.05) is 5.38 Å². The fourth-order valence-electron chi connectivity index (χ4n) is 1.46. The van der Waals surface area contributed by atoms with Crippen LogP contribution in [-0.4, -0.2) is 45.8 Å². The third-order valence-corrected chi connectivity index (χ3v) is 4.98. The standard InChI is InChI=1S/C12H18N2O3S3/c1-3-19-12-13-8(7-20-12)6-10(15)14-9(11(16)17)4-5-18-2/h7,9H,3-6H2,1-2H3,(H,14,15)(H,16,17)/t9-/m0/s1. The second-order valence-corrected chi connectivity index (χ2v) is 7.31. The van der Waals surface area contributed by atoms with Crippen molar-refractivity contribution >= 4 is 46.7 Å². The monoisotopic (exact) mass is 334 g/mol. The number of thioether (sulfide) groups is 2. The van der Waals surface area contributed by atoms with Crippen LogP contribution in [0.5, 0.6) is 0 Å². The fraction of sp³-hybridized carbons (Fsp3) is 0.583. The van der Waals surface area contributed by atoms with Crippen LogP contribution in [0.15, 0.2) is 9.72 Å². The highest BCUT2D eigenvalue weighted by atomic mass is 32.2. The van der Waals surface area contributed by atoms with Gasteiger partial charge in [0.15, 0.2) is 0 Å². The first kappa shape index (κ1) is 17.3. The van der Waals surface area contributed by atoms with Gasteiger partial charge < -0.3 is 10.4 Å². The van der Waals surface area contributed by atoms with Gasteiger partial charge in [0.2, 0.25) is 5.91 Å². The number of hydrogen-bond acceptors (Lipinski definition) is 6. The van der Waals surface area contributed by atoms with E-state index in [9.17, 15) is 9.59 Å². The van der Waals surface area contributed by atoms with Crippen molar-refractivity contribution in [3.63, 3.8) is 0 Å². The number of aliphatic carboxylic acids is 1. The maximum Gasteiger partial charge on any atom is 0.326 e. The molecule has 0 saturated carbocycles. The molecular formula is C12H18N2O3S3. The van der Waals surface area contributed by atoms with Crippen molar-refractivity contribution in [3.05, 3.63) is 11.1 Å². The van der Waals surface area contributed by atoms with Gasteiger partial charge in [0.05, 0.1) is 12.1 Å². The Morgan fingerprint density at radius 2 is 2.30 bits per heavy atom. The second kappa shape index (κ2) is 9.25. The number of amides is 1. The molecule has 1 heterocycles. The maximum atomic E-state index is 11.8. The van der Waals surface area contributed by atoms with Gasteiger partial charge in [0.1, 0.15) is 10.4 Å². The van der Waals surface area contributed by atoms with Gasteiger partial charge in [-0.3, -0.25) is 4.79 Å². The summed E-state index contributed by atoms with van der Waals surface area (Å²) in [5, 5.41) is 13.4. The highest BCUT2D eigenvalue weighted by molar-refractivity contribution is 8.00. The lowest BCUT2D eigenvalue weighted by Crippen LogP contribution is -2.41. The largest absolute Gasteiger partial charge is 0.480 e. The van der Waals surface area contributed by atoms with Crippen LogP contribution in [0.2, 0.25) is 0 Å². The summed E-state index contributed by atoms with van der Waals surface area (Å²) in [7, 11) is 0. The zero-order valence-corrected chi connectivity index (χ0v) is 13.9. The molecule has 8 heteroatoms. The molecule has 0 aliphatic heterocycles. The van der Waals surface area contributed by atoms with Gasteiger partial charge in [-0.15, -0.1) is 11.3 Å². The van der Waals surface area contributed by atoms with Crippen LogP contribution < -0.4 is 5.32 Å². The Labute approximate surface area is 130 Å². The van der Waals surface area contributed by atoms with Crippen LogP contribution in [0.4, 0.5) is 0 Å². The molecule has 0 saturated heterocycles. The first-order valence-corrected chi connectivity index (χ1v) is 9.41. The lowest BCUT2D eigenvalue weighted by atomic mass is 10.2. The van der Waals surface area contributed by atoms with E-state index in [0.717, 1.165) is 10.1 Å². The topological polar surface area (TPSA) is 79.3 Å². The van der Waals surface area contributed by atoms with Crippen LogP contribution in [-0.2, 0) is 16.0 Å². The summed E-state index contributed by atoms with van der Waals surface area (Å²) in [5.41, 5.74) is 0.692. The molecule has 1 aromatic rings. The number of carbonyl (C=O) groups excluding carboxylic acids is 1. The number of hydrogen-bond donors (Lipinski definition) is 2. The van der Waals surface area contributed by atoms with E-state index in [1.807, 2.05) is 18.6 Å². The summed E-state index contributed by atoms with van der Waals surface area (Å²) in [6.45, 7) is 2.04. The number of rotatable bonds is 9. The van der Waals surface area contributed by atoms with Crippen LogP contribution in [0.3, 0.4) is 0 Å². The van der Waals surface area contributed by atoms with Gasteiger partial charge in [0.25, 0.3) is 0 Å². The molecule has 5 nitrogen and oxygen atoms in total. The molecule has 0 unspecified atom stereocenters. The molecule has 1 atom stereocenters. The van der Waals surface area contributed by atoms with Crippen LogP contribution in [0, 0.1) is 0 Å². The number of carboxylic acids is 1. The highest BCUT2D eigenvalue weighted by Gasteiger charge is 2.19. The predicted octanol–water partition coefficient (Wildman–Crippen LogP) is 2.12. The molecule has 0 spiro atoms. The quantitative estimate of drug-likeness (QED) is 0.674. The van der Waals surface area contributed by atoms with Crippen molar-refractivity contribution in [2.24, 2.45) is 0 Å². The smallest absolute Gasteiger partial charge is 0.326 e. The number of carbonyl (C=O) groups is 2. The molecule has 0 aromatic carbocycles. The fourth-order valence-corrected chi connectivity index (χ4v) is 3.68. The van der Waals surface area contributed by atoms with Gasteiger partial charge in [-0.2, -0.15) is 11.8 Å². The molecule has 0 aliphatic rings. The second-order valence-electron chi connectivity index (χ2n) is 3.95. The molecule has 112 valence electrons. The van der Waals surface area contributed by atoms with Crippen molar-refractivity contribution < 1.29 is 14.7 Å². The molecule has 0 radical (unpaired) electrons. The molecule has 1 rings (SSSR count). The van der Waals surface area contributed by atoms with Crippen LogP contribution >= 0.6 is 34.9 Å². The molecular weight excluding hydrogens is 316 g/mol. The summed E-state index contributed by atoms with van der Waals surface area (Å²) in [6.07, 6.45) is 2.46. The van der Waals surface area contributed by atoms with E-state index in [-0.39, 0.29) is 12.3 Å². The van der Waals surface area contributed by atoms with E-state index in [1.54, 1.807) is 23.5 Å². The number of thiazole rings is 1. The first-order valence-electron chi connectivity index (χ1n) is 6.15. The molecule has 0 fully saturated rings. The number of nitrogens with one attached hydrogen (secondary N) is 1. The van der Waals surface area contributed by atoms with Gasteiger partial charge in [-0.25, -0.2) is 9.78 Å². The van der Waals surface area contributed by atoms with E-state index in [2.05, 4.69) is 10.3 Å². The van der Waals surface area contributed by atoms with Crippen LogP contribution in [0.1, 0.15) is 19.0 Å². The Kier molecular flexibility index (Phi) is 8.01. The average molecular weight is 334 g/mol. The lowest BCUT2D eigenvalue weighted by Gasteiger charge is -2.13. The molecule has 20 heavy (non-hydrogen) atoms. The predicted molar refractivity (Wildman–Crippen MR) is 84.8 cm³/mol. The molecule has 1 amide bonds. The summed E-state index contributed by atoms with van der Waals surface area (Å²) in [4.78, 5) is 27.2. The van der Waals surface area contributed by atoms with E-state index in [4.69, 9.17) is 5.11 Å². The third kappa shape index (κ3) is 6.15.